The van der Waals surface area contributed by atoms with Crippen LogP contribution in [0.5, 0.6) is 0 Å². The van der Waals surface area contributed by atoms with Crippen LogP contribution in [0, 0.1) is 28.6 Å². The second-order valence-electron chi connectivity index (χ2n) is 9.14. The van der Waals surface area contributed by atoms with Crippen molar-refractivity contribution in [3.8, 4) is 0 Å². The van der Waals surface area contributed by atoms with E-state index in [1.54, 1.807) is 0 Å². The Morgan fingerprint density at radius 3 is 2.80 bits per heavy atom. The highest BCUT2D eigenvalue weighted by molar-refractivity contribution is 6.43. The summed E-state index contributed by atoms with van der Waals surface area (Å²) in [7, 11) is 0. The number of hydrogen-bond acceptors (Lipinski definition) is 6. The van der Waals surface area contributed by atoms with E-state index in [2.05, 4.69) is 29.3 Å². The molecule has 25 heavy (non-hydrogen) atoms. The third-order valence-electron chi connectivity index (χ3n) is 8.39. The zero-order chi connectivity index (χ0) is 17.4. The largest absolute Gasteiger partial charge is 0.411 e. The van der Waals surface area contributed by atoms with E-state index in [1.165, 1.54) is 0 Å². The Kier molecular flexibility index (Phi) is 3.06. The van der Waals surface area contributed by atoms with Crippen molar-refractivity contribution >= 4 is 11.5 Å². The highest BCUT2D eigenvalue weighted by Crippen LogP contribution is 2.66. The number of ketones is 1. The number of nitrogens with zero attached hydrogens (tertiary/aromatic N) is 3. The van der Waals surface area contributed by atoms with Crippen LogP contribution < -0.4 is 0 Å². The lowest BCUT2D eigenvalue weighted by Crippen LogP contribution is -2.52. The Hall–Kier alpha value is -1.72. The van der Waals surface area contributed by atoms with Crippen molar-refractivity contribution in [1.82, 2.24) is 10.3 Å². The molecule has 134 valence electrons. The molecule has 1 N–H and O–H groups in total. The number of Topliss-reactive ketones (excluding diaryl/α,β-unsaturated/α-hetero) is 1. The third kappa shape index (κ3) is 1.80. The van der Waals surface area contributed by atoms with Gasteiger partial charge in [0.1, 0.15) is 17.1 Å². The summed E-state index contributed by atoms with van der Waals surface area (Å²) in [5.74, 6) is 1.96. The molecule has 0 bridgehead atoms. The zero-order valence-electron chi connectivity index (χ0n) is 14.9. The first-order chi connectivity index (χ1) is 12.0. The van der Waals surface area contributed by atoms with Gasteiger partial charge >= 0.3 is 0 Å². The van der Waals surface area contributed by atoms with Gasteiger partial charge in [0.15, 0.2) is 5.78 Å². The predicted octanol–water partition coefficient (Wildman–Crippen LogP) is 3.35. The molecule has 2 unspecified atom stereocenters. The lowest BCUT2D eigenvalue weighted by atomic mass is 9.45. The molecule has 0 aliphatic heterocycles. The van der Waals surface area contributed by atoms with Crippen molar-refractivity contribution in [1.29, 1.82) is 0 Å². The first-order valence-corrected chi connectivity index (χ1v) is 9.56. The molecule has 1 aromatic heterocycles. The molecule has 6 atom stereocenters. The van der Waals surface area contributed by atoms with Gasteiger partial charge < -0.3 is 5.21 Å². The fourth-order valence-electron chi connectivity index (χ4n) is 7.00. The number of oxime groups is 1. The number of aromatic nitrogens is 2. The van der Waals surface area contributed by atoms with Crippen molar-refractivity contribution in [3.63, 3.8) is 0 Å². The molecule has 4 aliphatic carbocycles. The van der Waals surface area contributed by atoms with E-state index < -0.39 is 0 Å². The summed E-state index contributed by atoms with van der Waals surface area (Å²) < 4.78 is 5.04. The van der Waals surface area contributed by atoms with Crippen molar-refractivity contribution in [2.24, 2.45) is 33.7 Å². The first-order valence-electron chi connectivity index (χ1n) is 9.56. The molecule has 1 aromatic rings. The van der Waals surface area contributed by atoms with Crippen LogP contribution in [0.25, 0.3) is 0 Å². The average Bonchev–Trinajstić information content (AvgIpc) is 3.17. The minimum atomic E-state index is -0.332. The second kappa shape index (κ2) is 4.92. The van der Waals surface area contributed by atoms with Crippen molar-refractivity contribution in [2.75, 3.05) is 0 Å². The third-order valence-corrected chi connectivity index (χ3v) is 8.39. The smallest absolute Gasteiger partial charge is 0.186 e. The Bertz CT molecular complexity index is 772. The molecule has 6 nitrogen and oxygen atoms in total. The minimum absolute atomic E-state index is 0.0809. The van der Waals surface area contributed by atoms with Crippen molar-refractivity contribution in [3.05, 3.63) is 11.4 Å². The van der Waals surface area contributed by atoms with Gasteiger partial charge in [0.2, 0.25) is 0 Å². The zero-order valence-corrected chi connectivity index (χ0v) is 14.9. The Morgan fingerprint density at radius 2 is 2.00 bits per heavy atom. The van der Waals surface area contributed by atoms with Gasteiger partial charge in [-0.05, 0) is 61.7 Å². The van der Waals surface area contributed by atoms with Gasteiger partial charge in [-0.1, -0.05) is 29.3 Å². The number of carbonyl (C=O) groups is 1. The summed E-state index contributed by atoms with van der Waals surface area (Å²) in [5.41, 5.74) is 2.40. The van der Waals surface area contributed by atoms with Gasteiger partial charge in [0.05, 0.1) is 0 Å². The van der Waals surface area contributed by atoms with Crippen LogP contribution >= 0.6 is 0 Å². The quantitative estimate of drug-likeness (QED) is 0.576. The molecule has 6 heteroatoms. The molecule has 4 aliphatic rings. The molecular weight excluding hydrogens is 318 g/mol. The first kappa shape index (κ1) is 15.5. The maximum atomic E-state index is 12.7. The minimum Gasteiger partial charge on any atom is -0.411 e. The van der Waals surface area contributed by atoms with E-state index in [9.17, 15) is 10.0 Å². The summed E-state index contributed by atoms with van der Waals surface area (Å²) in [6.45, 7) is 4.52. The molecule has 5 rings (SSSR count). The summed E-state index contributed by atoms with van der Waals surface area (Å²) in [6, 6.07) is 0. The van der Waals surface area contributed by atoms with Gasteiger partial charge in [-0.3, -0.25) is 4.79 Å². The molecule has 3 fully saturated rings. The average molecular weight is 343 g/mol. The fourth-order valence-corrected chi connectivity index (χ4v) is 7.00. The normalized spacial score (nSPS) is 47.1. The summed E-state index contributed by atoms with van der Waals surface area (Å²) in [6.07, 6.45) is 6.90. The maximum absolute atomic E-state index is 12.7. The molecule has 0 saturated heterocycles. The number of rotatable bonds is 0. The number of aryl methyl sites for hydroxylation is 1. The molecule has 0 amide bonds. The van der Waals surface area contributed by atoms with Crippen LogP contribution in [0.4, 0.5) is 0 Å². The molecule has 0 aromatic carbocycles. The van der Waals surface area contributed by atoms with Crippen LogP contribution in [0.1, 0.15) is 69.7 Å². The number of fused-ring (bicyclic) bond motifs is 7. The Balaban J connectivity index is 1.52. The molecule has 0 radical (unpaired) electrons. The Morgan fingerprint density at radius 1 is 1.16 bits per heavy atom. The van der Waals surface area contributed by atoms with Crippen LogP contribution in [-0.4, -0.2) is 27.0 Å². The van der Waals surface area contributed by atoms with E-state index in [1.807, 2.05) is 0 Å². The summed E-state index contributed by atoms with van der Waals surface area (Å²) >= 11 is 0. The van der Waals surface area contributed by atoms with Gasteiger partial charge in [-0.25, -0.2) is 4.63 Å². The molecule has 1 heterocycles. The monoisotopic (exact) mass is 343 g/mol. The lowest BCUT2D eigenvalue weighted by molar-refractivity contribution is -0.132. The Labute approximate surface area is 147 Å². The summed E-state index contributed by atoms with van der Waals surface area (Å²) in [5, 5.41) is 20.9. The van der Waals surface area contributed by atoms with E-state index in [0.29, 0.717) is 35.8 Å². The van der Waals surface area contributed by atoms with Crippen LogP contribution in [0.15, 0.2) is 9.78 Å². The van der Waals surface area contributed by atoms with Crippen LogP contribution in [0.3, 0.4) is 0 Å². The molecular formula is C19H25N3O3. The predicted molar refractivity (Wildman–Crippen MR) is 89.4 cm³/mol. The maximum Gasteiger partial charge on any atom is 0.186 e. The topological polar surface area (TPSA) is 88.6 Å². The second-order valence-corrected chi connectivity index (χ2v) is 9.14. The molecule has 0 spiro atoms. The van der Waals surface area contributed by atoms with Gasteiger partial charge in [-0.2, -0.15) is 0 Å². The standard InChI is InChI=1S/C19H25N3O3/c1-18-8-6-14-16(22-25-21-14)12(18)4-3-10-11(18)5-7-19(2)13(10)9-15(20-24)17(19)23/h10-13,24H,3-9H2,1-2H3/t10-,11?,12-,13?,18-,19+/m1/s1. The van der Waals surface area contributed by atoms with Gasteiger partial charge in [0.25, 0.3) is 0 Å². The van der Waals surface area contributed by atoms with E-state index in [-0.39, 0.29) is 16.6 Å². The number of hydrogen-bond donors (Lipinski definition) is 1. The fraction of sp³-hybridized carbons (Fsp3) is 0.789. The number of carbonyl (C=O) groups excluding carboxylic acids is 1. The highest BCUT2D eigenvalue weighted by atomic mass is 16.6. The van der Waals surface area contributed by atoms with Gasteiger partial charge in [0, 0.05) is 17.8 Å². The SMILES string of the molecule is C[C@]12CCC3[C@@H](CC[C@@H]4c5nonc5CC[C@]34C)C1CC(=NO)C2=O. The van der Waals surface area contributed by atoms with E-state index in [4.69, 9.17) is 4.63 Å². The van der Waals surface area contributed by atoms with E-state index >= 15 is 0 Å². The molecule has 3 saturated carbocycles. The van der Waals surface area contributed by atoms with Crippen molar-refractivity contribution in [2.45, 2.75) is 64.7 Å². The van der Waals surface area contributed by atoms with Crippen molar-refractivity contribution < 1.29 is 14.6 Å². The summed E-state index contributed by atoms with van der Waals surface area (Å²) in [4.78, 5) is 12.7. The lowest BCUT2D eigenvalue weighted by Gasteiger charge is -2.58. The van der Waals surface area contributed by atoms with Gasteiger partial charge in [-0.15, -0.1) is 0 Å². The van der Waals surface area contributed by atoms with Crippen LogP contribution in [-0.2, 0) is 11.2 Å². The van der Waals surface area contributed by atoms with Crippen LogP contribution in [0.2, 0.25) is 0 Å². The van der Waals surface area contributed by atoms with E-state index in [0.717, 1.165) is 49.9 Å². The highest BCUT2D eigenvalue weighted by Gasteiger charge is 2.62.